The number of carbonyl (C=O) groups is 2. The number of rotatable bonds is 10. The van der Waals surface area contributed by atoms with Gasteiger partial charge in [0.05, 0.1) is 4.90 Å². The summed E-state index contributed by atoms with van der Waals surface area (Å²) in [5.74, 6) is -1.05. The maximum Gasteiger partial charge on any atom is 0.303 e. The van der Waals surface area contributed by atoms with Gasteiger partial charge < -0.3 is 10.4 Å². The van der Waals surface area contributed by atoms with E-state index >= 15 is 0 Å². The first-order valence-electron chi connectivity index (χ1n) is 7.40. The summed E-state index contributed by atoms with van der Waals surface area (Å²) in [7, 11) is -2.17. The summed E-state index contributed by atoms with van der Waals surface area (Å²) >= 11 is 0. The maximum absolute atomic E-state index is 11.9. The molecule has 7 nitrogen and oxygen atoms in total. The van der Waals surface area contributed by atoms with Gasteiger partial charge in [0, 0.05) is 18.5 Å². The number of unbranched alkanes of at least 4 members (excludes halogenated alkanes) is 3. The van der Waals surface area contributed by atoms with Crippen molar-refractivity contribution in [3.8, 4) is 0 Å². The number of carboxylic acid groups (broad SMARTS) is 1. The SMILES string of the molecule is CNS(=O)(=O)c1ccc(C(=O)NCCCCCCC(=O)O)cc1. The Balaban J connectivity index is 2.34. The fourth-order valence-electron chi connectivity index (χ4n) is 1.96. The molecule has 0 saturated carbocycles. The Morgan fingerprint density at radius 3 is 2.22 bits per heavy atom. The van der Waals surface area contributed by atoms with E-state index in [0.29, 0.717) is 18.5 Å². The zero-order valence-corrected chi connectivity index (χ0v) is 13.9. The van der Waals surface area contributed by atoms with E-state index in [0.717, 1.165) is 19.3 Å². The fraction of sp³-hybridized carbons (Fsp3) is 0.467. The minimum atomic E-state index is -3.50. The molecule has 0 bridgehead atoms. The van der Waals surface area contributed by atoms with Crippen molar-refractivity contribution in [2.75, 3.05) is 13.6 Å². The third-order valence-corrected chi connectivity index (χ3v) is 4.73. The highest BCUT2D eigenvalue weighted by molar-refractivity contribution is 7.89. The Hall–Kier alpha value is -1.93. The fourth-order valence-corrected chi connectivity index (χ4v) is 2.69. The number of sulfonamides is 1. The molecule has 1 aromatic rings. The predicted octanol–water partition coefficient (Wildman–Crippen LogP) is 1.36. The van der Waals surface area contributed by atoms with Gasteiger partial charge in [-0.15, -0.1) is 0 Å². The largest absolute Gasteiger partial charge is 0.481 e. The van der Waals surface area contributed by atoms with Gasteiger partial charge >= 0.3 is 5.97 Å². The third-order valence-electron chi connectivity index (χ3n) is 3.30. The van der Waals surface area contributed by atoms with Crippen LogP contribution in [0.1, 0.15) is 42.5 Å². The van der Waals surface area contributed by atoms with Gasteiger partial charge in [0.1, 0.15) is 0 Å². The zero-order valence-electron chi connectivity index (χ0n) is 13.0. The Morgan fingerprint density at radius 2 is 1.65 bits per heavy atom. The van der Waals surface area contributed by atoms with Gasteiger partial charge in [-0.05, 0) is 44.2 Å². The maximum atomic E-state index is 11.9. The van der Waals surface area contributed by atoms with Crippen molar-refractivity contribution in [2.24, 2.45) is 0 Å². The van der Waals surface area contributed by atoms with Crippen LogP contribution < -0.4 is 10.0 Å². The highest BCUT2D eigenvalue weighted by Crippen LogP contribution is 2.10. The summed E-state index contributed by atoms with van der Waals surface area (Å²) < 4.78 is 25.4. The van der Waals surface area contributed by atoms with Crippen LogP contribution in [0.25, 0.3) is 0 Å². The molecule has 0 aliphatic heterocycles. The normalized spacial score (nSPS) is 11.2. The van der Waals surface area contributed by atoms with Gasteiger partial charge in [-0.1, -0.05) is 12.8 Å². The molecular formula is C15H22N2O5S. The van der Waals surface area contributed by atoms with E-state index in [2.05, 4.69) is 10.0 Å². The second-order valence-electron chi connectivity index (χ2n) is 5.05. The van der Waals surface area contributed by atoms with Crippen LogP contribution in [-0.2, 0) is 14.8 Å². The topological polar surface area (TPSA) is 113 Å². The number of hydrogen-bond acceptors (Lipinski definition) is 4. The monoisotopic (exact) mass is 342 g/mol. The first kappa shape index (κ1) is 19.1. The second-order valence-corrected chi connectivity index (χ2v) is 6.93. The third kappa shape index (κ3) is 6.79. The average molecular weight is 342 g/mol. The summed E-state index contributed by atoms with van der Waals surface area (Å²) in [5, 5.41) is 11.3. The molecule has 0 aromatic heterocycles. The Kier molecular flexibility index (Phi) is 7.70. The molecular weight excluding hydrogens is 320 g/mol. The molecule has 0 aliphatic rings. The van der Waals surface area contributed by atoms with Crippen LogP contribution in [0, 0.1) is 0 Å². The highest BCUT2D eigenvalue weighted by atomic mass is 32.2. The average Bonchev–Trinajstić information content (AvgIpc) is 2.53. The van der Waals surface area contributed by atoms with E-state index in [1.54, 1.807) is 0 Å². The molecule has 1 amide bonds. The van der Waals surface area contributed by atoms with Crippen LogP contribution in [0.4, 0.5) is 0 Å². The zero-order chi connectivity index (χ0) is 17.3. The van der Waals surface area contributed by atoms with Crippen LogP contribution in [0.2, 0.25) is 0 Å². The molecule has 0 unspecified atom stereocenters. The number of carboxylic acids is 1. The van der Waals surface area contributed by atoms with Gasteiger partial charge in [0.15, 0.2) is 0 Å². The molecule has 0 saturated heterocycles. The van der Waals surface area contributed by atoms with Crippen molar-refractivity contribution < 1.29 is 23.1 Å². The van der Waals surface area contributed by atoms with Crippen LogP contribution in [-0.4, -0.2) is 39.0 Å². The molecule has 0 fully saturated rings. The van der Waals surface area contributed by atoms with Gasteiger partial charge in [-0.3, -0.25) is 9.59 Å². The number of aliphatic carboxylic acids is 1. The lowest BCUT2D eigenvalue weighted by Crippen LogP contribution is -2.24. The Bertz CT molecular complexity index is 626. The van der Waals surface area contributed by atoms with E-state index in [1.807, 2.05) is 0 Å². The minimum Gasteiger partial charge on any atom is -0.481 e. The molecule has 0 heterocycles. The number of benzene rings is 1. The molecule has 0 atom stereocenters. The first-order valence-corrected chi connectivity index (χ1v) is 8.89. The predicted molar refractivity (Wildman–Crippen MR) is 85.7 cm³/mol. The minimum absolute atomic E-state index is 0.106. The summed E-state index contributed by atoms with van der Waals surface area (Å²) in [4.78, 5) is 22.3. The lowest BCUT2D eigenvalue weighted by atomic mass is 10.1. The Morgan fingerprint density at radius 1 is 1.04 bits per heavy atom. The van der Waals surface area contributed by atoms with Gasteiger partial charge in [-0.25, -0.2) is 13.1 Å². The van der Waals surface area contributed by atoms with E-state index < -0.39 is 16.0 Å². The van der Waals surface area contributed by atoms with Crippen molar-refractivity contribution in [3.63, 3.8) is 0 Å². The summed E-state index contributed by atoms with van der Waals surface area (Å²) in [6.07, 6.45) is 3.27. The summed E-state index contributed by atoms with van der Waals surface area (Å²) in [5.41, 5.74) is 0.394. The van der Waals surface area contributed by atoms with E-state index in [1.165, 1.54) is 31.3 Å². The standard InChI is InChI=1S/C15H22N2O5S/c1-16-23(21,22)13-9-7-12(8-10-13)15(20)17-11-5-3-2-4-6-14(18)19/h7-10,16H,2-6,11H2,1H3,(H,17,20)(H,18,19). The van der Waals surface area contributed by atoms with E-state index in [4.69, 9.17) is 5.11 Å². The van der Waals surface area contributed by atoms with Gasteiger partial charge in [-0.2, -0.15) is 0 Å². The number of amides is 1. The molecule has 0 aliphatic carbocycles. The van der Waals surface area contributed by atoms with Crippen LogP contribution in [0.3, 0.4) is 0 Å². The van der Waals surface area contributed by atoms with E-state index in [-0.39, 0.29) is 17.2 Å². The van der Waals surface area contributed by atoms with Crippen LogP contribution in [0.15, 0.2) is 29.2 Å². The smallest absolute Gasteiger partial charge is 0.303 e. The molecule has 1 aromatic carbocycles. The van der Waals surface area contributed by atoms with Crippen molar-refractivity contribution >= 4 is 21.9 Å². The van der Waals surface area contributed by atoms with Gasteiger partial charge in [0.25, 0.3) is 5.91 Å². The van der Waals surface area contributed by atoms with Crippen LogP contribution in [0.5, 0.6) is 0 Å². The summed E-state index contributed by atoms with van der Waals surface area (Å²) in [6.45, 7) is 0.502. The van der Waals surface area contributed by atoms with Crippen molar-refractivity contribution in [2.45, 2.75) is 37.0 Å². The second kappa shape index (κ2) is 9.26. The van der Waals surface area contributed by atoms with Crippen molar-refractivity contribution in [3.05, 3.63) is 29.8 Å². The Labute approximate surface area is 136 Å². The lowest BCUT2D eigenvalue weighted by Gasteiger charge is -2.06. The first-order chi connectivity index (χ1) is 10.9. The molecule has 3 N–H and O–H groups in total. The molecule has 23 heavy (non-hydrogen) atoms. The summed E-state index contributed by atoms with van der Waals surface area (Å²) in [6, 6.07) is 5.69. The van der Waals surface area contributed by atoms with Crippen molar-refractivity contribution in [1.82, 2.24) is 10.0 Å². The lowest BCUT2D eigenvalue weighted by molar-refractivity contribution is -0.137. The molecule has 0 radical (unpaired) electrons. The number of hydrogen-bond donors (Lipinski definition) is 3. The molecule has 128 valence electrons. The quantitative estimate of drug-likeness (QED) is 0.556. The van der Waals surface area contributed by atoms with E-state index in [9.17, 15) is 18.0 Å². The highest BCUT2D eigenvalue weighted by Gasteiger charge is 2.12. The number of nitrogens with one attached hydrogen (secondary N) is 2. The number of carbonyl (C=O) groups excluding carboxylic acids is 1. The molecule has 8 heteroatoms. The molecule has 0 spiro atoms. The van der Waals surface area contributed by atoms with Crippen molar-refractivity contribution in [1.29, 1.82) is 0 Å². The van der Waals surface area contributed by atoms with Gasteiger partial charge in [0.2, 0.25) is 10.0 Å². The van der Waals surface area contributed by atoms with Crippen LogP contribution >= 0.6 is 0 Å². The molecule has 1 rings (SSSR count).